The van der Waals surface area contributed by atoms with Crippen LogP contribution in [0.1, 0.15) is 17.5 Å². The Balaban J connectivity index is 1.17. The summed E-state index contributed by atoms with van der Waals surface area (Å²) in [4.78, 5) is 42.1. The van der Waals surface area contributed by atoms with Gasteiger partial charge in [0, 0.05) is 48.2 Å². The lowest BCUT2D eigenvalue weighted by Crippen LogP contribution is -2.49. The molecule has 192 valence electrons. The number of halogens is 1. The third-order valence-electron chi connectivity index (χ3n) is 6.98. The highest BCUT2D eigenvalue weighted by atomic mass is 35.5. The maximum Gasteiger partial charge on any atom is 0.259 e. The molecule has 3 aliphatic rings. The Kier molecular flexibility index (Phi) is 6.91. The van der Waals surface area contributed by atoms with E-state index >= 15 is 0 Å². The molecule has 1 fully saturated rings. The van der Waals surface area contributed by atoms with Gasteiger partial charge in [-0.1, -0.05) is 71.9 Å². The Labute approximate surface area is 230 Å². The summed E-state index contributed by atoms with van der Waals surface area (Å²) in [6, 6.07) is 24.8. The van der Waals surface area contributed by atoms with E-state index in [0.717, 1.165) is 35.6 Å². The van der Waals surface area contributed by atoms with E-state index in [1.165, 1.54) is 11.8 Å². The van der Waals surface area contributed by atoms with Crippen LogP contribution >= 0.6 is 23.4 Å². The summed E-state index contributed by atoms with van der Waals surface area (Å²) in [5.74, 6) is 0.869. The van der Waals surface area contributed by atoms with Gasteiger partial charge >= 0.3 is 0 Å². The van der Waals surface area contributed by atoms with Gasteiger partial charge < -0.3 is 9.80 Å². The van der Waals surface area contributed by atoms with Crippen LogP contribution in [0.3, 0.4) is 0 Å². The molecule has 0 radical (unpaired) electrons. The van der Waals surface area contributed by atoms with E-state index in [-0.39, 0.29) is 18.2 Å². The first-order valence-electron chi connectivity index (χ1n) is 12.6. The van der Waals surface area contributed by atoms with Crippen molar-refractivity contribution in [2.45, 2.75) is 18.2 Å². The second-order valence-corrected chi connectivity index (χ2v) is 10.7. The highest BCUT2D eigenvalue weighted by Crippen LogP contribution is 2.35. The monoisotopic (exact) mass is 543 g/mol. The van der Waals surface area contributed by atoms with E-state index in [9.17, 15) is 9.59 Å². The standard InChI is InChI=1S/C29H26ClN5O2S/c30-23-12-6-4-8-20(23)19-38-29-32-24-13-7-5-11-22(24)27-31-25(28(37)35(27)29)18-26(36)34-16-14-33(15-17-34)21-9-2-1-3-10-21/h1-13,25H,14-19H2/t25-/m1/s1. The highest BCUT2D eigenvalue weighted by Gasteiger charge is 2.42. The number of amides is 2. The number of fused-ring (bicyclic) bond motifs is 3. The Morgan fingerprint density at radius 3 is 2.42 bits per heavy atom. The van der Waals surface area contributed by atoms with Crippen molar-refractivity contribution < 1.29 is 9.59 Å². The number of hydrogen-bond acceptors (Lipinski definition) is 6. The molecule has 1 saturated heterocycles. The largest absolute Gasteiger partial charge is 0.368 e. The number of carbonyl (C=O) groups is 2. The average Bonchev–Trinajstić information content (AvgIpc) is 3.29. The third kappa shape index (κ3) is 4.81. The number of nitrogens with zero attached hydrogens (tertiary/aromatic N) is 5. The molecule has 3 heterocycles. The van der Waals surface area contributed by atoms with Gasteiger partial charge in [-0.15, -0.1) is 0 Å². The summed E-state index contributed by atoms with van der Waals surface area (Å²) in [7, 11) is 0. The minimum absolute atomic E-state index is 0.0456. The SMILES string of the molecule is O=C(C[C@H]1N=C2c3ccccc3N=C(SCc3ccccc3Cl)N2C1=O)N1CCN(c2ccccc2)CC1. The van der Waals surface area contributed by atoms with Gasteiger partial charge in [-0.2, -0.15) is 0 Å². The number of hydrogen-bond donors (Lipinski definition) is 0. The molecule has 2 amide bonds. The molecule has 7 nitrogen and oxygen atoms in total. The molecule has 0 saturated carbocycles. The molecule has 9 heteroatoms. The van der Waals surface area contributed by atoms with Gasteiger partial charge in [-0.3, -0.25) is 14.6 Å². The van der Waals surface area contributed by atoms with Crippen molar-refractivity contribution in [3.05, 3.63) is 95.0 Å². The number of piperazine rings is 1. The maximum absolute atomic E-state index is 13.6. The van der Waals surface area contributed by atoms with Gasteiger partial charge in [0.2, 0.25) is 5.91 Å². The Morgan fingerprint density at radius 1 is 0.921 bits per heavy atom. The molecule has 0 bridgehead atoms. The number of anilines is 1. The molecule has 3 aliphatic heterocycles. The van der Waals surface area contributed by atoms with Crippen LogP contribution in [-0.2, 0) is 15.3 Å². The van der Waals surface area contributed by atoms with Crippen molar-refractivity contribution in [3.63, 3.8) is 0 Å². The lowest BCUT2D eigenvalue weighted by atomic mass is 10.1. The van der Waals surface area contributed by atoms with Crippen molar-refractivity contribution >= 4 is 57.6 Å². The van der Waals surface area contributed by atoms with Crippen LogP contribution in [0.5, 0.6) is 0 Å². The first-order valence-corrected chi connectivity index (χ1v) is 14.0. The smallest absolute Gasteiger partial charge is 0.259 e. The minimum Gasteiger partial charge on any atom is -0.368 e. The summed E-state index contributed by atoms with van der Waals surface area (Å²) < 4.78 is 0. The molecule has 6 rings (SSSR count). The fourth-order valence-corrected chi connectivity index (χ4v) is 6.22. The Morgan fingerprint density at radius 2 is 1.63 bits per heavy atom. The lowest BCUT2D eigenvalue weighted by Gasteiger charge is -2.36. The van der Waals surface area contributed by atoms with Gasteiger partial charge in [-0.25, -0.2) is 9.89 Å². The molecular formula is C29H26ClN5O2S. The number of benzene rings is 3. The van der Waals surface area contributed by atoms with Gasteiger partial charge in [0.15, 0.2) is 5.17 Å². The first kappa shape index (κ1) is 24.7. The fourth-order valence-electron chi connectivity index (χ4n) is 4.94. The van der Waals surface area contributed by atoms with Crippen LogP contribution in [0.4, 0.5) is 11.4 Å². The lowest BCUT2D eigenvalue weighted by molar-refractivity contribution is -0.135. The molecule has 3 aromatic rings. The Bertz CT molecular complexity index is 1440. The number of para-hydroxylation sites is 2. The van der Waals surface area contributed by atoms with Crippen molar-refractivity contribution in [2.75, 3.05) is 31.1 Å². The predicted octanol–water partition coefficient (Wildman–Crippen LogP) is 4.97. The molecule has 0 unspecified atom stereocenters. The zero-order valence-corrected chi connectivity index (χ0v) is 22.2. The molecule has 3 aromatic carbocycles. The average molecular weight is 544 g/mol. The predicted molar refractivity (Wildman–Crippen MR) is 153 cm³/mol. The minimum atomic E-state index is -0.762. The molecule has 38 heavy (non-hydrogen) atoms. The van der Waals surface area contributed by atoms with Crippen LogP contribution in [0.15, 0.2) is 88.8 Å². The van der Waals surface area contributed by atoms with Gasteiger partial charge in [0.05, 0.1) is 12.1 Å². The van der Waals surface area contributed by atoms with Gasteiger partial charge in [-0.05, 0) is 35.9 Å². The van der Waals surface area contributed by atoms with E-state index in [1.807, 2.05) is 71.6 Å². The van der Waals surface area contributed by atoms with Gasteiger partial charge in [0.1, 0.15) is 11.9 Å². The third-order valence-corrected chi connectivity index (χ3v) is 8.34. The second kappa shape index (κ2) is 10.6. The summed E-state index contributed by atoms with van der Waals surface area (Å²) in [6.45, 7) is 2.77. The first-order chi connectivity index (χ1) is 18.6. The maximum atomic E-state index is 13.6. The van der Waals surface area contributed by atoms with Crippen LogP contribution in [0.2, 0.25) is 5.02 Å². The molecule has 0 aliphatic carbocycles. The van der Waals surface area contributed by atoms with Crippen LogP contribution in [0, 0.1) is 0 Å². The fraction of sp³-hybridized carbons (Fsp3) is 0.241. The van der Waals surface area contributed by atoms with Crippen molar-refractivity contribution in [3.8, 4) is 0 Å². The molecule has 0 spiro atoms. The van der Waals surface area contributed by atoms with Crippen LogP contribution in [0.25, 0.3) is 0 Å². The van der Waals surface area contributed by atoms with Crippen molar-refractivity contribution in [1.29, 1.82) is 0 Å². The summed E-state index contributed by atoms with van der Waals surface area (Å²) in [6.07, 6.45) is 0.0504. The number of amidine groups is 2. The number of rotatable bonds is 5. The van der Waals surface area contributed by atoms with E-state index in [1.54, 1.807) is 4.90 Å². The quantitative estimate of drug-likeness (QED) is 0.455. The van der Waals surface area contributed by atoms with Gasteiger partial charge in [0.25, 0.3) is 5.91 Å². The molecule has 1 atom stereocenters. The molecule has 0 aromatic heterocycles. The molecular weight excluding hydrogens is 518 g/mol. The zero-order valence-electron chi connectivity index (χ0n) is 20.7. The van der Waals surface area contributed by atoms with Crippen molar-refractivity contribution in [2.24, 2.45) is 9.98 Å². The van der Waals surface area contributed by atoms with E-state index in [4.69, 9.17) is 21.6 Å². The van der Waals surface area contributed by atoms with E-state index < -0.39 is 6.04 Å². The number of carbonyl (C=O) groups excluding carboxylic acids is 2. The highest BCUT2D eigenvalue weighted by molar-refractivity contribution is 8.13. The number of aliphatic imine (C=N–C) groups is 2. The van der Waals surface area contributed by atoms with Crippen LogP contribution in [-0.4, -0.2) is 64.8 Å². The van der Waals surface area contributed by atoms with Crippen LogP contribution < -0.4 is 4.90 Å². The van der Waals surface area contributed by atoms with E-state index in [0.29, 0.717) is 34.9 Å². The van der Waals surface area contributed by atoms with E-state index in [2.05, 4.69) is 17.0 Å². The Hall–Kier alpha value is -3.62. The zero-order chi connectivity index (χ0) is 26.1. The summed E-state index contributed by atoms with van der Waals surface area (Å²) in [5, 5.41) is 1.23. The normalized spacial score (nSPS) is 18.6. The topological polar surface area (TPSA) is 68.6 Å². The summed E-state index contributed by atoms with van der Waals surface area (Å²) >= 11 is 7.80. The number of thioether (sulfide) groups is 1. The second-order valence-electron chi connectivity index (χ2n) is 9.34. The summed E-state index contributed by atoms with van der Waals surface area (Å²) in [5.41, 5.74) is 3.69. The van der Waals surface area contributed by atoms with Crippen molar-refractivity contribution in [1.82, 2.24) is 9.80 Å². The molecule has 0 N–H and O–H groups in total.